The zero-order chi connectivity index (χ0) is 20.1. The van der Waals surface area contributed by atoms with Crippen LogP contribution in [0, 0.1) is 13.8 Å². The molecule has 2 aromatic heterocycles. The van der Waals surface area contributed by atoms with Crippen molar-refractivity contribution in [2.45, 2.75) is 33.2 Å². The van der Waals surface area contributed by atoms with E-state index in [0.717, 1.165) is 30.1 Å². The summed E-state index contributed by atoms with van der Waals surface area (Å²) in [6.07, 6.45) is 0.941. The van der Waals surface area contributed by atoms with Gasteiger partial charge in [0.2, 0.25) is 17.8 Å². The molecule has 0 radical (unpaired) electrons. The summed E-state index contributed by atoms with van der Waals surface area (Å²) >= 11 is 0. The van der Waals surface area contributed by atoms with Crippen molar-refractivity contribution in [3.8, 4) is 0 Å². The number of aromatic nitrogens is 4. The average molecular weight is 389 g/mol. The fourth-order valence-corrected chi connectivity index (χ4v) is 2.94. The summed E-state index contributed by atoms with van der Waals surface area (Å²) in [4.78, 5) is 29.7. The summed E-state index contributed by atoms with van der Waals surface area (Å²) in [6.45, 7) is 6.76. The van der Waals surface area contributed by atoms with Crippen molar-refractivity contribution in [2.75, 3.05) is 50.2 Å². The first-order valence-corrected chi connectivity index (χ1v) is 9.37. The van der Waals surface area contributed by atoms with Crippen LogP contribution in [0.2, 0.25) is 0 Å². The topological polar surface area (TPSA) is 110 Å². The van der Waals surface area contributed by atoms with E-state index in [1.807, 2.05) is 32.8 Å². The Bertz CT molecular complexity index is 796. The Morgan fingerprint density at radius 2 is 1.93 bits per heavy atom. The number of nitrogens with one attached hydrogen (secondary N) is 1. The van der Waals surface area contributed by atoms with Crippen molar-refractivity contribution in [2.24, 2.45) is 0 Å². The molecule has 2 aromatic rings. The van der Waals surface area contributed by atoms with Gasteiger partial charge in [-0.05, 0) is 20.3 Å². The summed E-state index contributed by atoms with van der Waals surface area (Å²) in [5, 5.41) is 6.81. The Balaban J connectivity index is 1.62. The van der Waals surface area contributed by atoms with Gasteiger partial charge < -0.3 is 24.4 Å². The molecular weight excluding hydrogens is 362 g/mol. The van der Waals surface area contributed by atoms with Gasteiger partial charge in [0.05, 0.1) is 25.5 Å². The summed E-state index contributed by atoms with van der Waals surface area (Å²) in [5.41, 5.74) is 1.81. The summed E-state index contributed by atoms with van der Waals surface area (Å²) < 4.78 is 10.5. The minimum atomic E-state index is -0.0697. The molecule has 0 atom stereocenters. The third-order valence-corrected chi connectivity index (χ3v) is 4.58. The molecule has 0 spiro atoms. The number of carbonyl (C=O) groups is 1. The summed E-state index contributed by atoms with van der Waals surface area (Å²) in [7, 11) is 3.76. The van der Waals surface area contributed by atoms with Crippen molar-refractivity contribution in [3.63, 3.8) is 0 Å². The Kier molecular flexibility index (Phi) is 6.40. The zero-order valence-corrected chi connectivity index (χ0v) is 16.9. The number of anilines is 2. The molecule has 1 amide bonds. The molecule has 1 aliphatic heterocycles. The van der Waals surface area contributed by atoms with E-state index in [2.05, 4.69) is 30.3 Å². The Labute approximate surface area is 164 Å². The van der Waals surface area contributed by atoms with Crippen LogP contribution in [0.5, 0.6) is 0 Å². The molecule has 0 aromatic carbocycles. The number of morpholine rings is 1. The van der Waals surface area contributed by atoms with Crippen LogP contribution < -0.4 is 15.1 Å². The van der Waals surface area contributed by atoms with E-state index in [-0.39, 0.29) is 12.5 Å². The normalized spacial score (nSPS) is 14.2. The molecule has 152 valence electrons. The van der Waals surface area contributed by atoms with Crippen LogP contribution in [-0.4, -0.2) is 66.4 Å². The lowest BCUT2D eigenvalue weighted by Crippen LogP contribution is -2.38. The van der Waals surface area contributed by atoms with E-state index < -0.39 is 0 Å². The number of ether oxygens (including phenoxy) is 1. The number of hydrogen-bond acceptors (Lipinski definition) is 9. The first-order chi connectivity index (χ1) is 13.4. The van der Waals surface area contributed by atoms with Gasteiger partial charge in [0.25, 0.3) is 0 Å². The van der Waals surface area contributed by atoms with Gasteiger partial charge in [-0.25, -0.2) is 0 Å². The van der Waals surface area contributed by atoms with E-state index in [4.69, 9.17) is 9.26 Å². The molecule has 0 bridgehead atoms. The van der Waals surface area contributed by atoms with E-state index in [0.29, 0.717) is 43.8 Å². The molecular formula is C18H27N7O3. The fraction of sp³-hybridized carbons (Fsp3) is 0.611. The molecule has 0 saturated carbocycles. The number of nitrogens with zero attached hydrogens (tertiary/aromatic N) is 6. The number of rotatable bonds is 7. The first kappa shape index (κ1) is 20.0. The quantitative estimate of drug-likeness (QED) is 0.729. The van der Waals surface area contributed by atoms with Gasteiger partial charge in [0.1, 0.15) is 5.76 Å². The monoisotopic (exact) mass is 389 g/mol. The smallest absolute Gasteiger partial charge is 0.230 e. The number of carbonyl (C=O) groups excluding carboxylic acids is 1. The highest BCUT2D eigenvalue weighted by atomic mass is 16.5. The van der Waals surface area contributed by atoms with Crippen LogP contribution in [0.25, 0.3) is 0 Å². The standard InChI is InChI=1S/C18H27N7O3/c1-12-14(13(2)28-23-12)5-6-16(26)19-11-15-20-17(24(3)4)22-18(21-15)25-7-9-27-10-8-25/h5-11H2,1-4H3,(H,19,26). The van der Waals surface area contributed by atoms with Crippen molar-refractivity contribution in [1.29, 1.82) is 0 Å². The van der Waals surface area contributed by atoms with E-state index in [1.54, 1.807) is 0 Å². The minimum absolute atomic E-state index is 0.0697. The van der Waals surface area contributed by atoms with Crippen LogP contribution >= 0.6 is 0 Å². The van der Waals surface area contributed by atoms with Gasteiger partial charge in [-0.3, -0.25) is 4.79 Å². The summed E-state index contributed by atoms with van der Waals surface area (Å²) in [6, 6.07) is 0. The molecule has 1 fully saturated rings. The maximum absolute atomic E-state index is 12.3. The molecule has 10 nitrogen and oxygen atoms in total. The Morgan fingerprint density at radius 1 is 1.18 bits per heavy atom. The molecule has 1 aliphatic rings. The zero-order valence-electron chi connectivity index (χ0n) is 16.9. The first-order valence-electron chi connectivity index (χ1n) is 9.37. The lowest BCUT2D eigenvalue weighted by molar-refractivity contribution is -0.121. The summed E-state index contributed by atoms with van der Waals surface area (Å²) in [5.74, 6) is 2.40. The second kappa shape index (κ2) is 8.96. The van der Waals surface area contributed by atoms with Crippen molar-refractivity contribution < 1.29 is 14.1 Å². The molecule has 0 unspecified atom stereocenters. The molecule has 0 aliphatic carbocycles. The van der Waals surface area contributed by atoms with E-state index in [9.17, 15) is 4.79 Å². The third-order valence-electron chi connectivity index (χ3n) is 4.58. The van der Waals surface area contributed by atoms with Crippen molar-refractivity contribution in [3.05, 3.63) is 22.8 Å². The van der Waals surface area contributed by atoms with Gasteiger partial charge in [0, 0.05) is 39.2 Å². The van der Waals surface area contributed by atoms with Crippen molar-refractivity contribution >= 4 is 17.8 Å². The second-order valence-electron chi connectivity index (χ2n) is 6.92. The van der Waals surface area contributed by atoms with E-state index in [1.165, 1.54) is 0 Å². The SMILES string of the molecule is Cc1noc(C)c1CCC(=O)NCc1nc(N(C)C)nc(N2CCOCC2)n1. The number of aryl methyl sites for hydroxylation is 2. The highest BCUT2D eigenvalue weighted by Crippen LogP contribution is 2.15. The third kappa shape index (κ3) is 4.94. The van der Waals surface area contributed by atoms with Gasteiger partial charge in [-0.15, -0.1) is 0 Å². The largest absolute Gasteiger partial charge is 0.378 e. The molecule has 28 heavy (non-hydrogen) atoms. The molecule has 3 rings (SSSR count). The molecule has 3 heterocycles. The highest BCUT2D eigenvalue weighted by Gasteiger charge is 2.18. The average Bonchev–Trinajstić information content (AvgIpc) is 3.02. The number of amides is 1. The maximum atomic E-state index is 12.3. The van der Waals surface area contributed by atoms with Crippen LogP contribution in [0.4, 0.5) is 11.9 Å². The van der Waals surface area contributed by atoms with Crippen molar-refractivity contribution in [1.82, 2.24) is 25.4 Å². The molecule has 1 N–H and O–H groups in total. The fourth-order valence-electron chi connectivity index (χ4n) is 2.94. The predicted molar refractivity (Wildman–Crippen MR) is 103 cm³/mol. The Morgan fingerprint density at radius 3 is 2.57 bits per heavy atom. The highest BCUT2D eigenvalue weighted by molar-refractivity contribution is 5.76. The second-order valence-corrected chi connectivity index (χ2v) is 6.92. The van der Waals surface area contributed by atoms with Crippen LogP contribution in [0.1, 0.15) is 29.3 Å². The lowest BCUT2D eigenvalue weighted by atomic mass is 10.1. The number of hydrogen-bond donors (Lipinski definition) is 1. The van der Waals surface area contributed by atoms with Gasteiger partial charge in [0.15, 0.2) is 5.82 Å². The van der Waals surface area contributed by atoms with E-state index >= 15 is 0 Å². The molecule has 10 heteroatoms. The Hall–Kier alpha value is -2.75. The maximum Gasteiger partial charge on any atom is 0.230 e. The van der Waals surface area contributed by atoms with Gasteiger partial charge >= 0.3 is 0 Å². The van der Waals surface area contributed by atoms with Gasteiger partial charge in [-0.2, -0.15) is 15.0 Å². The lowest BCUT2D eigenvalue weighted by Gasteiger charge is -2.27. The van der Waals surface area contributed by atoms with Crippen LogP contribution in [-0.2, 0) is 22.5 Å². The molecule has 1 saturated heterocycles. The minimum Gasteiger partial charge on any atom is -0.378 e. The van der Waals surface area contributed by atoms with Crippen LogP contribution in [0.3, 0.4) is 0 Å². The van der Waals surface area contributed by atoms with Gasteiger partial charge in [-0.1, -0.05) is 5.16 Å². The van der Waals surface area contributed by atoms with Crippen LogP contribution in [0.15, 0.2) is 4.52 Å². The predicted octanol–water partition coefficient (Wildman–Crippen LogP) is 0.628.